The molecule has 0 saturated carbocycles. The van der Waals surface area contributed by atoms with Gasteiger partial charge in [-0.15, -0.1) is 0 Å². The van der Waals surface area contributed by atoms with Crippen molar-refractivity contribution in [3.8, 4) is 11.6 Å². The lowest BCUT2D eigenvalue weighted by Crippen LogP contribution is -1.95. The highest BCUT2D eigenvalue weighted by Crippen LogP contribution is 2.30. The first kappa shape index (κ1) is 11.5. The Labute approximate surface area is 104 Å². The highest BCUT2D eigenvalue weighted by molar-refractivity contribution is 9.10. The third-order valence-corrected chi connectivity index (χ3v) is 2.32. The number of ether oxygens (including phenoxy) is 1. The van der Waals surface area contributed by atoms with Crippen molar-refractivity contribution in [1.82, 2.24) is 14.8 Å². The van der Waals surface area contributed by atoms with E-state index in [1.54, 1.807) is 13.2 Å². The van der Waals surface area contributed by atoms with Crippen LogP contribution in [0.5, 0.6) is 11.6 Å². The van der Waals surface area contributed by atoms with Crippen LogP contribution in [0.3, 0.4) is 0 Å². The highest BCUT2D eigenvalue weighted by atomic mass is 79.9. The first-order valence-corrected chi connectivity index (χ1v) is 5.32. The van der Waals surface area contributed by atoms with Crippen molar-refractivity contribution in [2.75, 3.05) is 0 Å². The number of aromatic nitrogens is 3. The predicted octanol–water partition coefficient (Wildman–Crippen LogP) is 2.28. The molecule has 0 aromatic carbocycles. The lowest BCUT2D eigenvalue weighted by molar-refractivity contribution is -0.386. The normalized spacial score (nSPS) is 10.2. The molecule has 0 aliphatic rings. The van der Waals surface area contributed by atoms with Crippen LogP contribution in [0, 0.1) is 10.1 Å². The van der Waals surface area contributed by atoms with Crippen LogP contribution in [0.1, 0.15) is 0 Å². The highest BCUT2D eigenvalue weighted by Gasteiger charge is 2.18. The summed E-state index contributed by atoms with van der Waals surface area (Å²) >= 11 is 3.12. The molecule has 0 aliphatic carbocycles. The monoisotopic (exact) mass is 298 g/mol. The van der Waals surface area contributed by atoms with E-state index in [-0.39, 0.29) is 11.6 Å². The average molecular weight is 299 g/mol. The smallest absolute Gasteiger partial charge is 0.332 e. The Morgan fingerprint density at radius 1 is 1.53 bits per heavy atom. The van der Waals surface area contributed by atoms with Gasteiger partial charge in [-0.2, -0.15) is 5.10 Å². The standard InChI is InChI=1S/C9H7BrN4O3/c1-13-5-7(4-12-13)17-9-8(14(15)16)2-6(10)3-11-9/h2-5H,1H3. The third kappa shape index (κ3) is 2.59. The molecule has 0 saturated heterocycles. The van der Waals surface area contributed by atoms with Gasteiger partial charge in [-0.05, 0) is 15.9 Å². The largest absolute Gasteiger partial charge is 0.430 e. The zero-order valence-electron chi connectivity index (χ0n) is 8.70. The van der Waals surface area contributed by atoms with E-state index in [4.69, 9.17) is 4.74 Å². The van der Waals surface area contributed by atoms with Crippen molar-refractivity contribution in [3.63, 3.8) is 0 Å². The summed E-state index contributed by atoms with van der Waals surface area (Å²) in [5.74, 6) is 0.330. The van der Waals surface area contributed by atoms with Gasteiger partial charge in [0.1, 0.15) is 0 Å². The minimum absolute atomic E-state index is 0.0637. The molecular weight excluding hydrogens is 292 g/mol. The van der Waals surface area contributed by atoms with Crippen molar-refractivity contribution in [2.24, 2.45) is 7.05 Å². The Bertz CT molecular complexity index is 569. The molecule has 0 fully saturated rings. The molecule has 2 aromatic heterocycles. The number of pyridine rings is 1. The van der Waals surface area contributed by atoms with Gasteiger partial charge in [0.15, 0.2) is 5.75 Å². The zero-order valence-corrected chi connectivity index (χ0v) is 10.3. The van der Waals surface area contributed by atoms with Crippen LogP contribution in [-0.4, -0.2) is 19.7 Å². The molecule has 0 aliphatic heterocycles. The van der Waals surface area contributed by atoms with E-state index >= 15 is 0 Å². The second-order valence-electron chi connectivity index (χ2n) is 3.19. The van der Waals surface area contributed by atoms with Crippen molar-refractivity contribution in [2.45, 2.75) is 0 Å². The fourth-order valence-electron chi connectivity index (χ4n) is 1.19. The molecule has 0 spiro atoms. The van der Waals surface area contributed by atoms with Crippen LogP contribution >= 0.6 is 15.9 Å². The lowest BCUT2D eigenvalue weighted by Gasteiger charge is -2.02. The Hall–Kier alpha value is -1.96. The van der Waals surface area contributed by atoms with Crippen LogP contribution in [0.2, 0.25) is 0 Å². The number of nitrogens with zero attached hydrogens (tertiary/aromatic N) is 4. The molecule has 0 atom stereocenters. The number of aryl methyl sites for hydroxylation is 1. The maximum atomic E-state index is 10.8. The van der Waals surface area contributed by atoms with Crippen LogP contribution in [0.15, 0.2) is 29.1 Å². The summed E-state index contributed by atoms with van der Waals surface area (Å²) in [6, 6.07) is 1.33. The van der Waals surface area contributed by atoms with Crippen molar-refractivity contribution in [1.29, 1.82) is 0 Å². The number of rotatable bonds is 3. The van der Waals surface area contributed by atoms with Crippen LogP contribution in [0.4, 0.5) is 5.69 Å². The van der Waals surface area contributed by atoms with Crippen molar-refractivity contribution < 1.29 is 9.66 Å². The Morgan fingerprint density at radius 2 is 2.29 bits per heavy atom. The summed E-state index contributed by atoms with van der Waals surface area (Å²) in [6.07, 6.45) is 4.47. The van der Waals surface area contributed by atoms with Crippen LogP contribution in [0.25, 0.3) is 0 Å². The summed E-state index contributed by atoms with van der Waals surface area (Å²) in [4.78, 5) is 14.1. The molecular formula is C9H7BrN4O3. The van der Waals surface area contributed by atoms with Crippen LogP contribution in [-0.2, 0) is 7.05 Å². The fraction of sp³-hybridized carbons (Fsp3) is 0.111. The Balaban J connectivity index is 2.35. The number of hydrogen-bond donors (Lipinski definition) is 0. The van der Waals surface area contributed by atoms with Gasteiger partial charge >= 0.3 is 5.69 Å². The van der Waals surface area contributed by atoms with Gasteiger partial charge in [-0.25, -0.2) is 4.98 Å². The zero-order chi connectivity index (χ0) is 12.4. The molecule has 7 nitrogen and oxygen atoms in total. The van der Waals surface area contributed by atoms with Gasteiger partial charge in [-0.1, -0.05) is 0 Å². The summed E-state index contributed by atoms with van der Waals surface area (Å²) in [5, 5.41) is 14.7. The lowest BCUT2D eigenvalue weighted by atomic mass is 10.4. The third-order valence-electron chi connectivity index (χ3n) is 1.89. The van der Waals surface area contributed by atoms with E-state index in [1.807, 2.05) is 0 Å². The molecule has 0 amide bonds. The maximum absolute atomic E-state index is 10.8. The van der Waals surface area contributed by atoms with Gasteiger partial charge in [0, 0.05) is 23.8 Å². The molecule has 17 heavy (non-hydrogen) atoms. The molecule has 2 heterocycles. The summed E-state index contributed by atoms with van der Waals surface area (Å²) in [6.45, 7) is 0. The second-order valence-corrected chi connectivity index (χ2v) is 4.10. The number of halogens is 1. The molecule has 2 rings (SSSR count). The molecule has 2 aromatic rings. The Kier molecular flexibility index (Phi) is 3.05. The maximum Gasteiger partial charge on any atom is 0.332 e. The minimum Gasteiger partial charge on any atom is -0.430 e. The molecule has 8 heteroatoms. The average Bonchev–Trinajstić information content (AvgIpc) is 2.66. The summed E-state index contributed by atoms with van der Waals surface area (Å²) < 4.78 is 7.33. The minimum atomic E-state index is -0.552. The molecule has 0 N–H and O–H groups in total. The Morgan fingerprint density at radius 3 is 2.88 bits per heavy atom. The van der Waals surface area contributed by atoms with Gasteiger partial charge in [0.25, 0.3) is 5.88 Å². The van der Waals surface area contributed by atoms with Gasteiger partial charge in [-0.3, -0.25) is 14.8 Å². The number of hydrogen-bond acceptors (Lipinski definition) is 5. The van der Waals surface area contributed by atoms with E-state index in [0.717, 1.165) is 0 Å². The van der Waals surface area contributed by atoms with Gasteiger partial charge in [0.2, 0.25) is 0 Å². The van der Waals surface area contributed by atoms with E-state index in [9.17, 15) is 10.1 Å². The quantitative estimate of drug-likeness (QED) is 0.641. The van der Waals surface area contributed by atoms with E-state index in [0.29, 0.717) is 10.2 Å². The van der Waals surface area contributed by atoms with Gasteiger partial charge < -0.3 is 4.74 Å². The number of nitro groups is 1. The first-order chi connectivity index (χ1) is 8.06. The summed E-state index contributed by atoms with van der Waals surface area (Å²) in [5.41, 5.74) is -0.205. The van der Waals surface area contributed by atoms with Gasteiger partial charge in [0.05, 0.1) is 17.3 Å². The fourth-order valence-corrected chi connectivity index (χ4v) is 1.51. The predicted molar refractivity (Wildman–Crippen MR) is 61.9 cm³/mol. The van der Waals surface area contributed by atoms with Crippen molar-refractivity contribution in [3.05, 3.63) is 39.2 Å². The van der Waals surface area contributed by atoms with E-state index in [2.05, 4.69) is 26.0 Å². The first-order valence-electron chi connectivity index (χ1n) is 4.52. The molecule has 0 bridgehead atoms. The van der Waals surface area contributed by atoms with Crippen molar-refractivity contribution >= 4 is 21.6 Å². The van der Waals surface area contributed by atoms with E-state index < -0.39 is 4.92 Å². The molecule has 0 unspecified atom stereocenters. The topological polar surface area (TPSA) is 83.1 Å². The van der Waals surface area contributed by atoms with Crippen LogP contribution < -0.4 is 4.74 Å². The SMILES string of the molecule is Cn1cc(Oc2ncc(Br)cc2[N+](=O)[O-])cn1. The van der Waals surface area contributed by atoms with E-state index in [1.165, 1.54) is 23.1 Å². The summed E-state index contributed by atoms with van der Waals surface area (Å²) in [7, 11) is 1.72. The molecule has 88 valence electrons. The second kappa shape index (κ2) is 4.50. The molecule has 0 radical (unpaired) electrons.